The Hall–Kier alpha value is -10.1. The predicted molar refractivity (Wildman–Crippen MR) is 308 cm³/mol. The molecule has 0 unspecified atom stereocenters. The summed E-state index contributed by atoms with van der Waals surface area (Å²) < 4.78 is 27.8. The first-order valence-corrected chi connectivity index (χ1v) is 25.3. The van der Waals surface area contributed by atoms with Crippen molar-refractivity contribution >= 4 is 71.1 Å². The van der Waals surface area contributed by atoms with Gasteiger partial charge in [0, 0.05) is 103 Å². The molecule has 12 heteroatoms. The van der Waals surface area contributed by atoms with Gasteiger partial charge >= 0.3 is 5.97 Å². The molecule has 0 saturated heterocycles. The maximum atomic E-state index is 13.9. The molecule has 383 valence electrons. The fourth-order valence-corrected chi connectivity index (χ4v) is 10.2. The second-order valence-corrected chi connectivity index (χ2v) is 18.6. The zero-order chi connectivity index (χ0) is 53.4. The van der Waals surface area contributed by atoms with Crippen LogP contribution in [0.25, 0.3) is 133 Å². The maximum Gasteiger partial charge on any atom is 0.354 e. The topological polar surface area (TPSA) is 128 Å². The van der Waals surface area contributed by atoms with Crippen LogP contribution in [0.1, 0.15) is 10.5 Å². The number of halogens is 2. The van der Waals surface area contributed by atoms with Crippen LogP contribution in [0.4, 0.5) is 8.78 Å². The Morgan fingerprint density at radius 2 is 0.700 bits per heavy atom. The number of carboxylic acid groups (broad SMARTS) is 1. The number of hydrogen-bond acceptors (Lipinski definition) is 8. The fraction of sp³-hybridized carbons (Fsp3) is 0. The first-order valence-electron chi connectivity index (χ1n) is 25.3. The number of benzene rings is 10. The van der Waals surface area contributed by atoms with Crippen molar-refractivity contribution in [1.29, 1.82) is 0 Å². The third-order valence-corrected chi connectivity index (χ3v) is 13.7. The molecule has 9 nitrogen and oxygen atoms in total. The minimum atomic E-state index is -0.990. The van der Waals surface area contributed by atoms with Crippen molar-refractivity contribution in [2.24, 2.45) is 0 Å². The Kier molecular flexibility index (Phi) is 13.8. The maximum absolute atomic E-state index is 13.9. The van der Waals surface area contributed by atoms with E-state index in [0.29, 0.717) is 22.8 Å². The van der Waals surface area contributed by atoms with E-state index >= 15 is 0 Å². The van der Waals surface area contributed by atoms with Gasteiger partial charge in [-0.05, 0) is 36.4 Å². The molecule has 0 saturated carbocycles. The largest absolute Gasteiger partial charge is 0.477 e. The molecule has 0 fully saturated rings. The van der Waals surface area contributed by atoms with E-state index in [-0.39, 0.29) is 37.4 Å². The molecule has 1 radical (unpaired) electrons. The summed E-state index contributed by atoms with van der Waals surface area (Å²) in [6.45, 7) is 0. The molecule has 0 bridgehead atoms. The summed E-state index contributed by atoms with van der Waals surface area (Å²) in [7, 11) is 0. The number of aromatic carboxylic acids is 1. The Labute approximate surface area is 470 Å². The van der Waals surface area contributed by atoms with Crippen LogP contribution in [0, 0.1) is 23.8 Å². The summed E-state index contributed by atoms with van der Waals surface area (Å²) in [4.78, 5) is 43.3. The number of rotatable bonds is 7. The molecule has 5 heterocycles. The molecule has 0 aliphatic rings. The standard InChI is InChI=1S/2C31H17FN3.C6H5NO2.Ir/c2*32-22-13-7-12-21(18-22)31-33-25-16-14-23-27-24(15-17-26(34-31)28(25)27)30(20-10-5-2-6-11-20)35-29(23)19-8-3-1-4-9-19;8-6(9)5-3-1-2-4-7-5;/h2*1-11,13-18H;1-4H,(H,8,9);/q2*-1;;. The molecule has 5 aromatic heterocycles. The molecule has 0 amide bonds. The van der Waals surface area contributed by atoms with Crippen LogP contribution in [-0.4, -0.2) is 46.0 Å². The second kappa shape index (κ2) is 21.7. The number of carbonyl (C=O) groups is 1. The van der Waals surface area contributed by atoms with Crippen molar-refractivity contribution in [3.63, 3.8) is 0 Å². The zero-order valence-electron chi connectivity index (χ0n) is 42.0. The smallest absolute Gasteiger partial charge is 0.354 e. The first kappa shape index (κ1) is 50.7. The molecule has 10 aromatic carbocycles. The molecule has 0 aliphatic heterocycles. The SMILES string of the molecule is Fc1cc[c-]c(-c2nc3ccc4c(-c5ccccc5)nc(-c5ccccc5)c5ccc(n2)c3c45)c1.Fc1cc[c-]c(-c2nc3ccc4c(-c5ccccc5)nc(-c5ccccc5)c5ccc(n2)c3c45)c1.O=C(O)c1ccccn1.[Ir]. The Morgan fingerprint density at radius 3 is 0.975 bits per heavy atom. The molecular formula is C68H39F2IrN7O2-2. The monoisotopic (exact) mass is 1220 g/mol. The van der Waals surface area contributed by atoms with Gasteiger partial charge in [-0.2, -0.15) is 0 Å². The summed E-state index contributed by atoms with van der Waals surface area (Å²) in [6.07, 6.45) is 1.45. The number of carboxylic acids is 1. The van der Waals surface area contributed by atoms with Gasteiger partial charge in [0.2, 0.25) is 0 Å². The van der Waals surface area contributed by atoms with E-state index < -0.39 is 5.97 Å². The minimum Gasteiger partial charge on any atom is -0.477 e. The van der Waals surface area contributed by atoms with E-state index in [4.69, 9.17) is 35.0 Å². The van der Waals surface area contributed by atoms with E-state index in [9.17, 15) is 13.6 Å². The van der Waals surface area contributed by atoms with Gasteiger partial charge in [-0.25, -0.2) is 28.5 Å². The Morgan fingerprint density at radius 1 is 0.375 bits per heavy atom. The van der Waals surface area contributed by atoms with E-state index in [1.54, 1.807) is 24.3 Å². The van der Waals surface area contributed by atoms with E-state index in [1.165, 1.54) is 36.5 Å². The van der Waals surface area contributed by atoms with Gasteiger partial charge in [0.1, 0.15) is 5.69 Å². The molecule has 0 aliphatic carbocycles. The first-order chi connectivity index (χ1) is 38.8. The van der Waals surface area contributed by atoms with E-state index in [2.05, 4.69) is 89.9 Å². The van der Waals surface area contributed by atoms with Crippen molar-refractivity contribution in [3.8, 4) is 67.8 Å². The van der Waals surface area contributed by atoms with E-state index in [1.807, 2.05) is 97.1 Å². The molecular weight excluding hydrogens is 1180 g/mol. The summed E-state index contributed by atoms with van der Waals surface area (Å²) in [5, 5.41) is 16.7. The number of pyridine rings is 3. The van der Waals surface area contributed by atoms with Crippen molar-refractivity contribution in [3.05, 3.63) is 260 Å². The van der Waals surface area contributed by atoms with Gasteiger partial charge in [0.25, 0.3) is 0 Å². The van der Waals surface area contributed by atoms with Crippen LogP contribution in [0.15, 0.2) is 231 Å². The second-order valence-electron chi connectivity index (χ2n) is 18.6. The van der Waals surface area contributed by atoms with Gasteiger partial charge in [-0.15, -0.1) is 59.7 Å². The summed E-state index contributed by atoms with van der Waals surface area (Å²) in [5.41, 5.74) is 12.3. The molecule has 0 atom stereocenters. The number of aromatic nitrogens is 7. The van der Waals surface area contributed by atoms with Crippen LogP contribution >= 0.6 is 0 Å². The van der Waals surface area contributed by atoms with Crippen LogP contribution in [0.5, 0.6) is 0 Å². The van der Waals surface area contributed by atoms with Crippen molar-refractivity contribution in [2.75, 3.05) is 0 Å². The van der Waals surface area contributed by atoms with Crippen LogP contribution in [0.2, 0.25) is 0 Å². The Bertz CT molecular complexity index is 4230. The van der Waals surface area contributed by atoms with Crippen molar-refractivity contribution in [1.82, 2.24) is 34.9 Å². The number of hydrogen-bond donors (Lipinski definition) is 1. The van der Waals surface area contributed by atoms with Gasteiger partial charge < -0.3 is 5.11 Å². The van der Waals surface area contributed by atoms with Gasteiger partial charge in [0.15, 0.2) is 0 Å². The fourth-order valence-electron chi connectivity index (χ4n) is 10.2. The summed E-state index contributed by atoms with van der Waals surface area (Å²) in [5.74, 6) is -0.743. The van der Waals surface area contributed by atoms with Gasteiger partial charge in [0.05, 0.1) is 56.5 Å². The average Bonchev–Trinajstić information content (AvgIpc) is 3.64. The molecule has 80 heavy (non-hydrogen) atoms. The average molecular weight is 1220 g/mol. The predicted octanol–water partition coefficient (Wildman–Crippen LogP) is 16.2. The summed E-state index contributed by atoms with van der Waals surface area (Å²) in [6, 6.07) is 76.9. The molecule has 1 N–H and O–H groups in total. The summed E-state index contributed by atoms with van der Waals surface area (Å²) >= 11 is 0. The normalized spacial score (nSPS) is 11.1. The third kappa shape index (κ3) is 9.59. The number of nitrogens with zero attached hydrogens (tertiary/aromatic N) is 7. The van der Waals surface area contributed by atoms with Gasteiger partial charge in [-0.3, -0.25) is 19.9 Å². The molecule has 15 aromatic rings. The quantitative estimate of drug-likeness (QED) is 0.123. The zero-order valence-corrected chi connectivity index (χ0v) is 44.4. The van der Waals surface area contributed by atoms with Gasteiger partial charge in [-0.1, -0.05) is 152 Å². The van der Waals surface area contributed by atoms with Crippen molar-refractivity contribution in [2.45, 2.75) is 0 Å². The molecule has 15 rings (SSSR count). The molecule has 0 spiro atoms. The van der Waals surface area contributed by atoms with Crippen LogP contribution < -0.4 is 0 Å². The van der Waals surface area contributed by atoms with Crippen LogP contribution in [0.3, 0.4) is 0 Å². The van der Waals surface area contributed by atoms with Crippen LogP contribution in [-0.2, 0) is 20.1 Å². The van der Waals surface area contributed by atoms with E-state index in [0.717, 1.165) is 110 Å². The minimum absolute atomic E-state index is 0. The Balaban J connectivity index is 0.000000136. The van der Waals surface area contributed by atoms with Crippen molar-refractivity contribution < 1.29 is 38.8 Å². The third-order valence-electron chi connectivity index (χ3n) is 13.7.